The summed E-state index contributed by atoms with van der Waals surface area (Å²) in [5, 5.41) is 42.0. The van der Waals surface area contributed by atoms with Gasteiger partial charge in [-0.3, -0.25) is 0 Å². The van der Waals surface area contributed by atoms with Gasteiger partial charge in [-0.1, -0.05) is 32.4 Å². The molecule has 194 valence electrons. The molecule has 5 rings (SSSR count). The average molecular weight is 475 g/mol. The maximum atomic E-state index is 11.2. The van der Waals surface area contributed by atoms with Crippen LogP contribution in [0, 0.1) is 40.4 Å². The molecule has 34 heavy (non-hydrogen) atoms. The van der Waals surface area contributed by atoms with Crippen LogP contribution in [-0.2, 0) is 0 Å². The number of rotatable bonds is 4. The van der Waals surface area contributed by atoms with E-state index in [1.165, 1.54) is 31.3 Å². The molecule has 4 nitrogen and oxygen atoms in total. The molecule has 5 aliphatic carbocycles. The van der Waals surface area contributed by atoms with Crippen LogP contribution >= 0.6 is 0 Å². The van der Waals surface area contributed by atoms with Crippen molar-refractivity contribution in [3.63, 3.8) is 0 Å². The van der Waals surface area contributed by atoms with Crippen LogP contribution in [0.25, 0.3) is 0 Å². The molecule has 4 fully saturated rings. The lowest BCUT2D eigenvalue weighted by atomic mass is 9.46. The molecule has 4 N–H and O–H groups in total. The quantitative estimate of drug-likeness (QED) is 0.310. The van der Waals surface area contributed by atoms with E-state index in [2.05, 4.69) is 26.8 Å². The molecule has 0 aromatic carbocycles. The normalized spacial score (nSPS) is 51.1. The maximum Gasteiger partial charge on any atom is 0.166 e. The molecule has 7 atom stereocenters. The minimum absolute atomic E-state index is 0.147. The van der Waals surface area contributed by atoms with Crippen LogP contribution in [0.5, 0.6) is 0 Å². The van der Waals surface area contributed by atoms with Gasteiger partial charge in [0.15, 0.2) is 5.79 Å². The number of fused-ring (bicyclic) bond motifs is 5. The van der Waals surface area contributed by atoms with E-state index in [1.807, 2.05) is 6.92 Å². The first-order valence-electron chi connectivity index (χ1n) is 14.4. The van der Waals surface area contributed by atoms with Gasteiger partial charge in [-0.25, -0.2) is 0 Å². The first kappa shape index (κ1) is 25.2. The summed E-state index contributed by atoms with van der Waals surface area (Å²) < 4.78 is 0. The summed E-state index contributed by atoms with van der Waals surface area (Å²) in [5.41, 5.74) is 0.683. The highest BCUT2D eigenvalue weighted by Gasteiger charge is 2.60. The molecule has 0 aromatic rings. The summed E-state index contributed by atoms with van der Waals surface area (Å²) in [7, 11) is 0. The van der Waals surface area contributed by atoms with E-state index in [-0.39, 0.29) is 5.41 Å². The van der Waals surface area contributed by atoms with Crippen molar-refractivity contribution in [2.45, 2.75) is 135 Å². The van der Waals surface area contributed by atoms with Crippen LogP contribution in [0.4, 0.5) is 0 Å². The molecule has 0 aliphatic heterocycles. The van der Waals surface area contributed by atoms with Crippen LogP contribution in [0.2, 0.25) is 0 Å². The van der Waals surface area contributed by atoms with Crippen molar-refractivity contribution in [2.75, 3.05) is 0 Å². The highest BCUT2D eigenvalue weighted by atomic mass is 16.5. The van der Waals surface area contributed by atoms with Gasteiger partial charge in [-0.2, -0.15) is 0 Å². The predicted molar refractivity (Wildman–Crippen MR) is 135 cm³/mol. The van der Waals surface area contributed by atoms with Gasteiger partial charge >= 0.3 is 0 Å². The average Bonchev–Trinajstić information content (AvgIpc) is 3.12. The minimum Gasteiger partial charge on any atom is -0.390 e. The first-order chi connectivity index (χ1) is 15.8. The summed E-state index contributed by atoms with van der Waals surface area (Å²) >= 11 is 0. The molecular formula is C30H50O4. The molecule has 0 saturated heterocycles. The van der Waals surface area contributed by atoms with Crippen molar-refractivity contribution >= 4 is 0 Å². The standard InChI is InChI=1S/C30H50O4/c1-20(9-12-29(32)16-13-26(2,31)14-17-29)23-7-8-24-22-6-5-21-19-30(33,34)18-15-27(21,3)25(22)10-11-28(23,24)4/h5,20,22-25,31-34H,6-19H2,1-4H3/t20?,22-,23+,24-,25-,26?,27-,28+,29?/m0/s1. The summed E-state index contributed by atoms with van der Waals surface area (Å²) in [6.45, 7) is 9.36. The lowest BCUT2D eigenvalue weighted by Crippen LogP contribution is -2.52. The van der Waals surface area contributed by atoms with E-state index in [0.29, 0.717) is 42.9 Å². The molecule has 0 radical (unpaired) electrons. The fourth-order valence-corrected chi connectivity index (χ4v) is 9.81. The van der Waals surface area contributed by atoms with Crippen molar-refractivity contribution in [3.8, 4) is 0 Å². The number of aliphatic hydroxyl groups is 4. The Morgan fingerprint density at radius 1 is 0.853 bits per heavy atom. The minimum atomic E-state index is -1.51. The molecule has 0 spiro atoms. The molecule has 4 heteroatoms. The summed E-state index contributed by atoms with van der Waals surface area (Å²) in [5.74, 6) is 2.05. The van der Waals surface area contributed by atoms with Crippen LogP contribution in [-0.4, -0.2) is 37.4 Å². The highest BCUT2D eigenvalue weighted by Crippen LogP contribution is 2.67. The van der Waals surface area contributed by atoms with Crippen molar-refractivity contribution in [2.24, 2.45) is 40.4 Å². The zero-order valence-corrected chi connectivity index (χ0v) is 22.2. The molecule has 0 amide bonds. The number of allylic oxidation sites excluding steroid dienone is 1. The molecular weight excluding hydrogens is 424 g/mol. The Hall–Kier alpha value is -0.420. The molecule has 0 heterocycles. The molecule has 0 aromatic heterocycles. The van der Waals surface area contributed by atoms with Crippen LogP contribution in [0.3, 0.4) is 0 Å². The van der Waals surface area contributed by atoms with Gasteiger partial charge in [0.25, 0.3) is 0 Å². The van der Waals surface area contributed by atoms with Gasteiger partial charge < -0.3 is 20.4 Å². The van der Waals surface area contributed by atoms with Crippen molar-refractivity contribution < 1.29 is 20.4 Å². The van der Waals surface area contributed by atoms with Crippen LogP contribution in [0.1, 0.15) is 118 Å². The smallest absolute Gasteiger partial charge is 0.166 e. The van der Waals surface area contributed by atoms with Gasteiger partial charge in [0, 0.05) is 12.8 Å². The number of hydrogen-bond acceptors (Lipinski definition) is 4. The van der Waals surface area contributed by atoms with E-state index < -0.39 is 17.0 Å². The third-order valence-electron chi connectivity index (χ3n) is 12.2. The molecule has 0 bridgehead atoms. The van der Waals surface area contributed by atoms with Gasteiger partial charge in [0.05, 0.1) is 11.2 Å². The lowest BCUT2D eigenvalue weighted by molar-refractivity contribution is -0.189. The maximum absolute atomic E-state index is 11.2. The Morgan fingerprint density at radius 3 is 2.26 bits per heavy atom. The summed E-state index contributed by atoms with van der Waals surface area (Å²) in [4.78, 5) is 0. The van der Waals surface area contributed by atoms with Crippen LogP contribution < -0.4 is 0 Å². The second-order valence-electron chi connectivity index (χ2n) is 14.4. The van der Waals surface area contributed by atoms with Crippen LogP contribution in [0.15, 0.2) is 11.6 Å². The third kappa shape index (κ3) is 4.23. The Kier molecular flexibility index (Phi) is 6.16. The van der Waals surface area contributed by atoms with Gasteiger partial charge in [-0.15, -0.1) is 0 Å². The zero-order chi connectivity index (χ0) is 24.6. The Labute approximate surface area is 207 Å². The second-order valence-corrected chi connectivity index (χ2v) is 14.4. The SMILES string of the molecule is CC(CCC1(O)CCC(C)(O)CC1)[C@H]1CC[C@H]2[C@@H]3CC=C4CC(O)(O)CC[C@]4(C)[C@H]3CC[C@]12C. The van der Waals surface area contributed by atoms with E-state index >= 15 is 0 Å². The first-order valence-corrected chi connectivity index (χ1v) is 14.4. The van der Waals surface area contributed by atoms with Gasteiger partial charge in [0.1, 0.15) is 0 Å². The van der Waals surface area contributed by atoms with E-state index in [0.717, 1.165) is 56.3 Å². The van der Waals surface area contributed by atoms with Gasteiger partial charge in [0.2, 0.25) is 0 Å². The fourth-order valence-electron chi connectivity index (χ4n) is 9.81. The van der Waals surface area contributed by atoms with E-state index in [4.69, 9.17) is 0 Å². The molecule has 1 unspecified atom stereocenters. The van der Waals surface area contributed by atoms with Crippen molar-refractivity contribution in [1.82, 2.24) is 0 Å². The van der Waals surface area contributed by atoms with E-state index in [1.54, 1.807) is 0 Å². The topological polar surface area (TPSA) is 80.9 Å². The predicted octanol–water partition coefficient (Wildman–Crippen LogP) is 5.72. The summed E-state index contributed by atoms with van der Waals surface area (Å²) in [6.07, 6.45) is 15.5. The largest absolute Gasteiger partial charge is 0.390 e. The molecule has 4 saturated carbocycles. The Bertz CT molecular complexity index is 805. The molecule has 5 aliphatic rings. The Morgan fingerprint density at radius 2 is 1.56 bits per heavy atom. The zero-order valence-electron chi connectivity index (χ0n) is 22.2. The second kappa shape index (κ2) is 8.30. The third-order valence-corrected chi connectivity index (χ3v) is 12.2. The van der Waals surface area contributed by atoms with E-state index in [9.17, 15) is 20.4 Å². The van der Waals surface area contributed by atoms with Crippen molar-refractivity contribution in [3.05, 3.63) is 11.6 Å². The highest BCUT2D eigenvalue weighted by molar-refractivity contribution is 5.26. The lowest BCUT2D eigenvalue weighted by Gasteiger charge is -2.59. The number of hydrogen-bond donors (Lipinski definition) is 4. The Balaban J connectivity index is 1.26. The van der Waals surface area contributed by atoms with Crippen molar-refractivity contribution in [1.29, 1.82) is 0 Å². The fraction of sp³-hybridized carbons (Fsp3) is 0.933. The van der Waals surface area contributed by atoms with Gasteiger partial charge in [-0.05, 0) is 124 Å². The summed E-state index contributed by atoms with van der Waals surface area (Å²) in [6, 6.07) is 0. The monoisotopic (exact) mass is 474 g/mol.